The molecule has 4 rings (SSSR count). The van der Waals surface area contributed by atoms with Crippen molar-refractivity contribution in [3.63, 3.8) is 0 Å². The topological polar surface area (TPSA) is 92.4 Å². The van der Waals surface area contributed by atoms with Gasteiger partial charge in [-0.1, -0.05) is 5.16 Å². The molecule has 1 aliphatic rings. The largest absolute Gasteiger partial charge is 0.471 e. The van der Waals surface area contributed by atoms with Crippen LogP contribution in [-0.4, -0.2) is 35.3 Å². The van der Waals surface area contributed by atoms with Gasteiger partial charge in [-0.2, -0.15) is 18.2 Å². The van der Waals surface area contributed by atoms with Crippen molar-refractivity contribution in [2.75, 3.05) is 29.9 Å². The Morgan fingerprint density at radius 1 is 1.21 bits per heavy atom. The van der Waals surface area contributed by atoms with Gasteiger partial charge < -0.3 is 14.3 Å². The molecule has 0 unspecified atom stereocenters. The van der Waals surface area contributed by atoms with E-state index >= 15 is 0 Å². The minimum Gasteiger partial charge on any atom is -0.366 e. The van der Waals surface area contributed by atoms with Crippen LogP contribution in [0.5, 0.6) is 0 Å². The van der Waals surface area contributed by atoms with Crippen molar-refractivity contribution in [2.24, 2.45) is 0 Å². The van der Waals surface area contributed by atoms with Crippen LogP contribution >= 0.6 is 0 Å². The second kappa shape index (κ2) is 6.43. The first-order valence-electron chi connectivity index (χ1n) is 8.41. The van der Waals surface area contributed by atoms with Crippen LogP contribution in [0.2, 0.25) is 0 Å². The molecule has 0 aliphatic carbocycles. The van der Waals surface area contributed by atoms with E-state index in [1.807, 2.05) is 4.90 Å². The number of pyridine rings is 1. The minimum atomic E-state index is -4.71. The van der Waals surface area contributed by atoms with Crippen LogP contribution in [0.15, 0.2) is 32.4 Å². The number of alkyl halides is 3. The first-order chi connectivity index (χ1) is 13.3. The summed E-state index contributed by atoms with van der Waals surface area (Å²) < 4.78 is 41.8. The lowest BCUT2D eigenvalue weighted by molar-refractivity contribution is -0.159. The van der Waals surface area contributed by atoms with E-state index in [0.29, 0.717) is 17.1 Å². The highest BCUT2D eigenvalue weighted by atomic mass is 19.4. The zero-order valence-electron chi connectivity index (χ0n) is 14.7. The van der Waals surface area contributed by atoms with Crippen molar-refractivity contribution in [3.05, 3.63) is 50.4 Å². The van der Waals surface area contributed by atoms with Gasteiger partial charge in [-0.3, -0.25) is 14.6 Å². The average molecular weight is 393 g/mol. The summed E-state index contributed by atoms with van der Waals surface area (Å²) in [6.45, 7) is 1.76. The third-order valence-electron chi connectivity index (χ3n) is 4.57. The molecule has 0 amide bonds. The van der Waals surface area contributed by atoms with Gasteiger partial charge in [0.05, 0.1) is 12.2 Å². The standard InChI is InChI=1S/C17H14F3N5O3/c1-24(11-12(14(27)13(11)26)25-5-2-6-25)8-10-4-3-9(7-21-10)15-22-16(28-23-15)17(18,19)20/h3-4,7H,2,5-6,8H2,1H3. The number of anilines is 2. The summed E-state index contributed by atoms with van der Waals surface area (Å²) >= 11 is 0. The van der Waals surface area contributed by atoms with Crippen LogP contribution in [0.1, 0.15) is 18.0 Å². The van der Waals surface area contributed by atoms with Crippen LogP contribution in [0.4, 0.5) is 24.5 Å². The smallest absolute Gasteiger partial charge is 0.366 e. The number of aromatic nitrogens is 3. The minimum absolute atomic E-state index is 0.220. The normalized spacial score (nSPS) is 14.4. The molecule has 1 fully saturated rings. The SMILES string of the molecule is CN(Cc1ccc(-c2noc(C(F)(F)F)n2)cn1)c1c(N2CCC2)c(=O)c1=O. The van der Waals surface area contributed by atoms with Gasteiger partial charge in [0.1, 0.15) is 11.4 Å². The maximum Gasteiger partial charge on any atom is 0.471 e. The van der Waals surface area contributed by atoms with E-state index in [-0.39, 0.29) is 17.9 Å². The van der Waals surface area contributed by atoms with Gasteiger partial charge in [-0.15, -0.1) is 0 Å². The second-order valence-corrected chi connectivity index (χ2v) is 6.51. The van der Waals surface area contributed by atoms with Gasteiger partial charge in [-0.05, 0) is 18.6 Å². The Bertz CT molecular complexity index is 1080. The molecule has 3 aromatic rings. The summed E-state index contributed by atoms with van der Waals surface area (Å²) in [6, 6.07) is 3.10. The molecule has 0 N–H and O–H groups in total. The molecule has 0 bridgehead atoms. The van der Waals surface area contributed by atoms with E-state index in [4.69, 9.17) is 0 Å². The highest BCUT2D eigenvalue weighted by Gasteiger charge is 2.38. The Balaban J connectivity index is 1.49. The molecule has 0 atom stereocenters. The number of hydrogen-bond donors (Lipinski definition) is 0. The van der Waals surface area contributed by atoms with Gasteiger partial charge >= 0.3 is 12.1 Å². The zero-order chi connectivity index (χ0) is 20.1. The van der Waals surface area contributed by atoms with Crippen LogP contribution < -0.4 is 20.7 Å². The van der Waals surface area contributed by atoms with E-state index in [1.54, 1.807) is 18.0 Å². The molecule has 2 aromatic heterocycles. The van der Waals surface area contributed by atoms with E-state index in [9.17, 15) is 22.8 Å². The monoisotopic (exact) mass is 393 g/mol. The molecule has 28 heavy (non-hydrogen) atoms. The maximum atomic E-state index is 12.5. The number of rotatable bonds is 5. The van der Waals surface area contributed by atoms with E-state index < -0.39 is 22.9 Å². The molecule has 3 heterocycles. The lowest BCUT2D eigenvalue weighted by Gasteiger charge is -2.36. The quantitative estimate of drug-likeness (QED) is 0.604. The molecular formula is C17H14F3N5O3. The first kappa shape index (κ1) is 18.1. The molecule has 0 saturated carbocycles. The highest BCUT2D eigenvalue weighted by molar-refractivity contribution is 5.76. The number of hydrogen-bond acceptors (Lipinski definition) is 8. The second-order valence-electron chi connectivity index (χ2n) is 6.51. The molecule has 11 heteroatoms. The lowest BCUT2D eigenvalue weighted by atomic mass is 10.1. The lowest BCUT2D eigenvalue weighted by Crippen LogP contribution is -2.49. The fourth-order valence-electron chi connectivity index (χ4n) is 2.98. The number of nitrogens with zero attached hydrogens (tertiary/aromatic N) is 5. The van der Waals surface area contributed by atoms with E-state index in [2.05, 4.69) is 19.6 Å². The predicted octanol–water partition coefficient (Wildman–Crippen LogP) is 1.59. The Morgan fingerprint density at radius 2 is 1.96 bits per heavy atom. The number of halogens is 3. The summed E-state index contributed by atoms with van der Waals surface area (Å²) in [6.07, 6.45) is -2.40. The molecule has 8 nitrogen and oxygen atoms in total. The third kappa shape index (κ3) is 3.02. The highest BCUT2D eigenvalue weighted by Crippen LogP contribution is 2.30. The molecule has 1 aromatic carbocycles. The van der Waals surface area contributed by atoms with Crippen molar-refractivity contribution >= 4 is 11.4 Å². The summed E-state index contributed by atoms with van der Waals surface area (Å²) in [5, 5.41) is 3.31. The van der Waals surface area contributed by atoms with Crippen molar-refractivity contribution in [2.45, 2.75) is 19.1 Å². The Hall–Kier alpha value is -3.24. The molecule has 0 spiro atoms. The summed E-state index contributed by atoms with van der Waals surface area (Å²) in [4.78, 5) is 34.8. The van der Waals surface area contributed by atoms with Crippen molar-refractivity contribution in [1.29, 1.82) is 0 Å². The van der Waals surface area contributed by atoms with Crippen molar-refractivity contribution in [3.8, 4) is 11.4 Å². The molecule has 1 aliphatic heterocycles. The summed E-state index contributed by atoms with van der Waals surface area (Å²) in [5.74, 6) is -1.65. The maximum absolute atomic E-state index is 12.5. The van der Waals surface area contributed by atoms with Gasteiger partial charge in [0.2, 0.25) is 5.82 Å². The molecule has 0 radical (unpaired) electrons. The summed E-state index contributed by atoms with van der Waals surface area (Å²) in [7, 11) is 1.68. The molecular weight excluding hydrogens is 379 g/mol. The fourth-order valence-corrected chi connectivity index (χ4v) is 2.98. The van der Waals surface area contributed by atoms with Crippen LogP contribution in [-0.2, 0) is 12.7 Å². The van der Waals surface area contributed by atoms with Crippen LogP contribution in [0, 0.1) is 0 Å². The Kier molecular flexibility index (Phi) is 4.16. The van der Waals surface area contributed by atoms with Gasteiger partial charge in [0, 0.05) is 31.9 Å². The van der Waals surface area contributed by atoms with Gasteiger partial charge in [-0.25, -0.2) is 0 Å². The fraction of sp³-hybridized carbons (Fsp3) is 0.353. The first-order valence-corrected chi connectivity index (χ1v) is 8.41. The van der Waals surface area contributed by atoms with E-state index in [1.165, 1.54) is 12.3 Å². The zero-order valence-corrected chi connectivity index (χ0v) is 14.7. The predicted molar refractivity (Wildman–Crippen MR) is 92.8 cm³/mol. The van der Waals surface area contributed by atoms with Crippen LogP contribution in [0.25, 0.3) is 11.4 Å². The van der Waals surface area contributed by atoms with Gasteiger partial charge in [0.15, 0.2) is 0 Å². The van der Waals surface area contributed by atoms with Crippen molar-refractivity contribution < 1.29 is 17.7 Å². The van der Waals surface area contributed by atoms with Gasteiger partial charge in [0.25, 0.3) is 10.9 Å². The third-order valence-corrected chi connectivity index (χ3v) is 4.57. The summed E-state index contributed by atoms with van der Waals surface area (Å²) in [5.41, 5.74) is 0.648. The molecule has 1 saturated heterocycles. The van der Waals surface area contributed by atoms with Crippen LogP contribution in [0.3, 0.4) is 0 Å². The average Bonchev–Trinajstić information content (AvgIpc) is 3.10. The molecule has 146 valence electrons. The Morgan fingerprint density at radius 3 is 2.50 bits per heavy atom. The Labute approximate surface area is 155 Å². The van der Waals surface area contributed by atoms with E-state index in [0.717, 1.165) is 19.5 Å². The van der Waals surface area contributed by atoms with Crippen molar-refractivity contribution in [1.82, 2.24) is 15.1 Å².